The summed E-state index contributed by atoms with van der Waals surface area (Å²) < 4.78 is 20.3. The SMILES string of the molecule is CC(C)(C)OC(=O)N1C[C@H]2C[C@@H]1CN2.CCc1nc2c(cnn2CC)c(NC2CCOCC2)c1CNC(=O)c1cccc(C(=O)NCc2cc(C)cc(-c3cccc(C=O)c3)c2)c1.CCc1nc2c(cnn2CC)c(NC2CCOCC2)c1CNC(=O)c1cccc(C(=O)NCc2cc(C)cc(-c3cccc(CN4C[C@@H]5C[C@H]4CN5)c3)c2)c1. The fraction of sp³-hybridized carbons (Fsp3) is 0.419. The molecule has 6 fully saturated rings. The number of hydrogen-bond acceptors (Lipinski definition) is 18. The zero-order valence-corrected chi connectivity index (χ0v) is 69.4. The largest absolute Gasteiger partial charge is 0.444 e. The molecule has 6 aliphatic rings. The minimum absolute atomic E-state index is 0.161. The molecule has 6 aliphatic heterocycles. The summed E-state index contributed by atoms with van der Waals surface area (Å²) in [5, 5.41) is 37.8. The average molecular weight is 1600 g/mol. The van der Waals surface area contributed by atoms with Gasteiger partial charge in [-0.1, -0.05) is 97.8 Å². The first-order chi connectivity index (χ1) is 57.2. The summed E-state index contributed by atoms with van der Waals surface area (Å²) in [5.74, 6) is -1.04. The minimum Gasteiger partial charge on any atom is -0.444 e. The third kappa shape index (κ3) is 20.3. The van der Waals surface area contributed by atoms with Crippen molar-refractivity contribution >= 4 is 69.4 Å². The smallest absolute Gasteiger partial charge is 0.410 e. The van der Waals surface area contributed by atoms with Gasteiger partial charge in [0, 0.05) is 185 Å². The lowest BCUT2D eigenvalue weighted by Gasteiger charge is -2.30. The molecular formula is C93H112N16O9. The number of rotatable bonds is 25. The van der Waals surface area contributed by atoms with Crippen molar-refractivity contribution in [2.75, 3.05) is 63.2 Å². The van der Waals surface area contributed by atoms with Gasteiger partial charge in [0.1, 0.15) is 11.9 Å². The van der Waals surface area contributed by atoms with E-state index in [-0.39, 0.29) is 54.0 Å². The van der Waals surface area contributed by atoms with Gasteiger partial charge in [-0.2, -0.15) is 10.2 Å². The van der Waals surface area contributed by atoms with Crippen LogP contribution in [-0.2, 0) is 72.9 Å². The predicted octanol–water partition coefficient (Wildman–Crippen LogP) is 13.2. The molecule has 25 heteroatoms. The van der Waals surface area contributed by atoms with E-state index in [0.29, 0.717) is 104 Å². The van der Waals surface area contributed by atoms with Crippen LogP contribution in [0.2, 0.25) is 0 Å². The molecule has 8 N–H and O–H groups in total. The fourth-order valence-corrected chi connectivity index (χ4v) is 17.0. The molecule has 4 atom stereocenters. The summed E-state index contributed by atoms with van der Waals surface area (Å²) in [5.41, 5.74) is 18.9. The molecule has 618 valence electrons. The second-order valence-corrected chi connectivity index (χ2v) is 32.8. The van der Waals surface area contributed by atoms with Crippen LogP contribution < -0.4 is 42.5 Å². The Kier molecular flexibility index (Phi) is 26.8. The Morgan fingerprint density at radius 3 is 1.38 bits per heavy atom. The van der Waals surface area contributed by atoms with Gasteiger partial charge >= 0.3 is 6.09 Å². The monoisotopic (exact) mass is 1600 g/mol. The number of fused-ring (bicyclic) bond motifs is 6. The van der Waals surface area contributed by atoms with Gasteiger partial charge in [0.2, 0.25) is 0 Å². The van der Waals surface area contributed by atoms with E-state index in [2.05, 4.69) is 134 Å². The lowest BCUT2D eigenvalue weighted by atomic mass is 9.98. The maximum absolute atomic E-state index is 13.6. The maximum atomic E-state index is 13.6. The van der Waals surface area contributed by atoms with E-state index in [9.17, 15) is 28.8 Å². The first-order valence-electron chi connectivity index (χ1n) is 42.0. The van der Waals surface area contributed by atoms with Crippen LogP contribution in [0.15, 0.2) is 146 Å². The molecule has 0 radical (unpaired) electrons. The second-order valence-electron chi connectivity index (χ2n) is 32.8. The summed E-state index contributed by atoms with van der Waals surface area (Å²) in [7, 11) is 0. The Hall–Kier alpha value is -11.2. The van der Waals surface area contributed by atoms with Crippen molar-refractivity contribution < 1.29 is 43.0 Å². The van der Waals surface area contributed by atoms with Gasteiger partial charge in [-0.05, 0) is 199 Å². The van der Waals surface area contributed by atoms with Crippen molar-refractivity contribution in [3.8, 4) is 22.3 Å². The third-order valence-corrected chi connectivity index (χ3v) is 23.0. The molecular weight excluding hydrogens is 1490 g/mol. The van der Waals surface area contributed by atoms with Gasteiger partial charge in [0.05, 0.1) is 34.5 Å². The number of hydrogen-bond donors (Lipinski definition) is 8. The molecule has 6 aromatic carbocycles. The quantitative estimate of drug-likeness (QED) is 0.0247. The first-order valence-corrected chi connectivity index (χ1v) is 42.0. The zero-order chi connectivity index (χ0) is 82.6. The number of carbonyl (C=O) groups excluding carboxylic acids is 6. The molecule has 4 aromatic heterocycles. The molecule has 16 rings (SSSR count). The van der Waals surface area contributed by atoms with E-state index in [0.717, 1.165) is 186 Å². The second kappa shape index (κ2) is 38.0. The number of ether oxygens (including phenoxy) is 3. The van der Waals surface area contributed by atoms with Crippen LogP contribution in [0.5, 0.6) is 0 Å². The van der Waals surface area contributed by atoms with Gasteiger partial charge in [-0.25, -0.2) is 24.1 Å². The van der Waals surface area contributed by atoms with Crippen LogP contribution in [0, 0.1) is 13.8 Å². The molecule has 10 heterocycles. The fourth-order valence-electron chi connectivity index (χ4n) is 17.0. The molecule has 4 bridgehead atoms. The summed E-state index contributed by atoms with van der Waals surface area (Å²) in [6.45, 7) is 28.5. The lowest BCUT2D eigenvalue weighted by molar-refractivity contribution is 0.0204. The maximum Gasteiger partial charge on any atom is 0.410 e. The topological polar surface area (TPSA) is 294 Å². The van der Waals surface area contributed by atoms with Crippen LogP contribution in [0.1, 0.15) is 189 Å². The molecule has 0 aliphatic carbocycles. The molecule has 0 saturated carbocycles. The van der Waals surface area contributed by atoms with Gasteiger partial charge in [-0.15, -0.1) is 0 Å². The number of piperazine rings is 2. The minimum atomic E-state index is -0.383. The van der Waals surface area contributed by atoms with E-state index in [4.69, 9.17) is 24.2 Å². The predicted molar refractivity (Wildman–Crippen MR) is 460 cm³/mol. The Bertz CT molecular complexity index is 5290. The number of carbonyl (C=O) groups is 6. The Balaban J connectivity index is 0.000000167. The summed E-state index contributed by atoms with van der Waals surface area (Å²) >= 11 is 0. The molecule has 25 nitrogen and oxygen atoms in total. The normalized spacial score (nSPS) is 17.8. The average Bonchev–Trinajstić information content (AvgIpc) is 1.62. The number of nitrogens with one attached hydrogen (secondary N) is 8. The number of amides is 5. The van der Waals surface area contributed by atoms with Gasteiger partial charge in [-0.3, -0.25) is 28.9 Å². The van der Waals surface area contributed by atoms with Crippen molar-refractivity contribution in [1.29, 1.82) is 0 Å². The third-order valence-electron chi connectivity index (χ3n) is 23.0. The zero-order valence-electron chi connectivity index (χ0n) is 69.4. The van der Waals surface area contributed by atoms with Crippen molar-refractivity contribution in [2.24, 2.45) is 0 Å². The van der Waals surface area contributed by atoms with Crippen molar-refractivity contribution in [3.63, 3.8) is 0 Å². The number of aryl methyl sites for hydroxylation is 6. The molecule has 10 aromatic rings. The van der Waals surface area contributed by atoms with Crippen LogP contribution in [-0.4, -0.2) is 170 Å². The number of pyridine rings is 2. The van der Waals surface area contributed by atoms with Gasteiger partial charge in [0.15, 0.2) is 11.3 Å². The van der Waals surface area contributed by atoms with E-state index in [1.807, 2.05) is 91.6 Å². The Morgan fingerprint density at radius 1 is 0.517 bits per heavy atom. The van der Waals surface area contributed by atoms with E-state index in [1.165, 1.54) is 17.5 Å². The van der Waals surface area contributed by atoms with Crippen molar-refractivity contribution in [3.05, 3.63) is 224 Å². The lowest BCUT2D eigenvalue weighted by Crippen LogP contribution is -2.48. The number of benzene rings is 6. The Labute approximate surface area is 690 Å². The van der Waals surface area contributed by atoms with Crippen LogP contribution >= 0.6 is 0 Å². The van der Waals surface area contributed by atoms with E-state index < -0.39 is 0 Å². The summed E-state index contributed by atoms with van der Waals surface area (Å²) in [6, 6.07) is 45.1. The van der Waals surface area contributed by atoms with E-state index >= 15 is 0 Å². The highest BCUT2D eigenvalue weighted by Gasteiger charge is 2.42. The van der Waals surface area contributed by atoms with Gasteiger partial charge < -0.3 is 61.6 Å². The van der Waals surface area contributed by atoms with Crippen molar-refractivity contribution in [1.82, 2.24) is 71.2 Å². The van der Waals surface area contributed by atoms with E-state index in [1.54, 1.807) is 54.6 Å². The molecule has 0 spiro atoms. The van der Waals surface area contributed by atoms with Crippen molar-refractivity contribution in [2.45, 2.75) is 201 Å². The molecule has 6 saturated heterocycles. The summed E-state index contributed by atoms with van der Waals surface area (Å²) in [4.78, 5) is 91.3. The molecule has 0 unspecified atom stereocenters. The van der Waals surface area contributed by atoms with Crippen LogP contribution in [0.3, 0.4) is 0 Å². The number of nitrogens with zero attached hydrogens (tertiary/aromatic N) is 8. The number of aromatic nitrogens is 6. The first kappa shape index (κ1) is 83.3. The summed E-state index contributed by atoms with van der Waals surface area (Å²) in [6.07, 6.45) is 11.7. The number of likely N-dealkylation sites (tertiary alicyclic amines) is 2. The molecule has 118 heavy (non-hydrogen) atoms. The molecule has 5 amide bonds. The standard InChI is InChI=1S/C44H52N8O3.C39H42N6O4.C10H18N2O2/c1-4-40-38(41(49-35-12-14-55-15-13-35)39-25-48-52(5-2)42(39)50-40)24-47-44(54)33-11-7-10-32(20-33)43(53)46-22-30-16-28(3)17-34(19-30)31-9-6-8-29(18-31)26-51-27-36-21-37(51)23-45-36;1-4-35-33(36(43-32-12-14-49-15-13-32)34-23-42-45(5-2)37(34)44-35)22-41-39(48)30-11-7-10-29(20-30)38(47)40-21-27-16-25(3)17-31(19-27)28-9-6-8-26(18-28)24-46;1-10(2,3)14-9(13)12-6-7-4-8(12)5-11-7/h6-11,16-20,25,35-37,45H,4-5,12-15,21-24,26-27H2,1-3H3,(H,46,53)(H,47,54)(H,49,50);6-11,16-20,23-24,32H,4-5,12-15,21-22H2,1-3H3,(H,40,47)(H,41,48)(H,43,44);7-8,11H,4-6H2,1-3H3/t36-,37-;;7-,8-/m0.1/s1. The highest BCUT2D eigenvalue weighted by molar-refractivity contribution is 6.01. The Morgan fingerprint density at radius 2 is 0.958 bits per heavy atom. The number of aldehydes is 1. The highest BCUT2D eigenvalue weighted by Crippen LogP contribution is 2.36. The number of anilines is 2. The highest BCUT2D eigenvalue weighted by atomic mass is 16.6. The van der Waals surface area contributed by atoms with Gasteiger partial charge in [0.25, 0.3) is 23.6 Å². The van der Waals surface area contributed by atoms with Crippen LogP contribution in [0.4, 0.5) is 16.2 Å². The van der Waals surface area contributed by atoms with Crippen LogP contribution in [0.25, 0.3) is 44.3 Å².